The third kappa shape index (κ3) is 5.84. The molecule has 1 N–H and O–H groups in total. The molecule has 1 saturated carbocycles. The van der Waals surface area contributed by atoms with E-state index in [9.17, 15) is 4.79 Å². The molecule has 26 heavy (non-hydrogen) atoms. The SMILES string of the molecule is CC(C)(C)c1cc(CC2CCCCC2OCC(=O)O)cc(C(C)(C)C)c1. The molecule has 0 spiro atoms. The van der Waals surface area contributed by atoms with E-state index in [1.54, 1.807) is 0 Å². The summed E-state index contributed by atoms with van der Waals surface area (Å²) in [4.78, 5) is 10.9. The third-order valence-corrected chi connectivity index (χ3v) is 5.48. The van der Waals surface area contributed by atoms with Gasteiger partial charge in [-0.1, -0.05) is 72.6 Å². The summed E-state index contributed by atoms with van der Waals surface area (Å²) in [6.45, 7) is 13.4. The topological polar surface area (TPSA) is 46.5 Å². The van der Waals surface area contributed by atoms with Crippen LogP contribution in [0.2, 0.25) is 0 Å². The van der Waals surface area contributed by atoms with Crippen LogP contribution >= 0.6 is 0 Å². The van der Waals surface area contributed by atoms with Crippen molar-refractivity contribution in [2.75, 3.05) is 6.61 Å². The molecular formula is C23H36O3. The standard InChI is InChI=1S/C23H36O3/c1-22(2,3)18-12-16(13-19(14-18)23(4,5)6)11-17-9-7-8-10-20(17)26-15-21(24)25/h12-14,17,20H,7-11,15H2,1-6H3,(H,24,25). The predicted molar refractivity (Wildman–Crippen MR) is 107 cm³/mol. The number of benzene rings is 1. The van der Waals surface area contributed by atoms with Gasteiger partial charge in [-0.3, -0.25) is 0 Å². The molecule has 0 amide bonds. The number of rotatable bonds is 5. The van der Waals surface area contributed by atoms with E-state index in [2.05, 4.69) is 59.7 Å². The number of hydrogen-bond acceptors (Lipinski definition) is 2. The zero-order chi connectivity index (χ0) is 19.5. The highest BCUT2D eigenvalue weighted by Crippen LogP contribution is 2.34. The van der Waals surface area contributed by atoms with Crippen molar-refractivity contribution < 1.29 is 14.6 Å². The third-order valence-electron chi connectivity index (χ3n) is 5.48. The monoisotopic (exact) mass is 360 g/mol. The van der Waals surface area contributed by atoms with Gasteiger partial charge in [0, 0.05) is 0 Å². The maximum atomic E-state index is 10.9. The molecule has 3 heteroatoms. The fraction of sp³-hybridized carbons (Fsp3) is 0.696. The summed E-state index contributed by atoms with van der Waals surface area (Å²) in [6.07, 6.45) is 5.48. The first kappa shape index (κ1) is 21.0. The van der Waals surface area contributed by atoms with Crippen molar-refractivity contribution in [3.05, 3.63) is 34.9 Å². The first-order chi connectivity index (χ1) is 12.0. The largest absolute Gasteiger partial charge is 0.480 e. The normalized spacial score (nSPS) is 21.6. The van der Waals surface area contributed by atoms with Gasteiger partial charge < -0.3 is 9.84 Å². The van der Waals surface area contributed by atoms with E-state index in [1.807, 2.05) is 0 Å². The van der Waals surface area contributed by atoms with Gasteiger partial charge in [-0.15, -0.1) is 0 Å². The van der Waals surface area contributed by atoms with Crippen molar-refractivity contribution in [2.45, 2.75) is 90.6 Å². The number of carbonyl (C=O) groups is 1. The van der Waals surface area contributed by atoms with Crippen LogP contribution in [0.5, 0.6) is 0 Å². The van der Waals surface area contributed by atoms with Gasteiger partial charge in [-0.2, -0.15) is 0 Å². The molecule has 2 atom stereocenters. The summed E-state index contributed by atoms with van der Waals surface area (Å²) in [5.41, 5.74) is 4.33. The Morgan fingerprint density at radius 1 is 1.00 bits per heavy atom. The molecule has 1 aromatic rings. The molecule has 146 valence electrons. The van der Waals surface area contributed by atoms with Gasteiger partial charge in [0.15, 0.2) is 0 Å². The van der Waals surface area contributed by atoms with E-state index in [4.69, 9.17) is 9.84 Å². The van der Waals surface area contributed by atoms with Crippen LogP contribution in [0.1, 0.15) is 83.9 Å². The Kier molecular flexibility index (Phi) is 6.55. The smallest absolute Gasteiger partial charge is 0.329 e. The number of aliphatic carboxylic acids is 1. The molecule has 1 aromatic carbocycles. The van der Waals surface area contributed by atoms with Crippen molar-refractivity contribution >= 4 is 5.97 Å². The van der Waals surface area contributed by atoms with Gasteiger partial charge in [0.25, 0.3) is 0 Å². The highest BCUT2D eigenvalue weighted by molar-refractivity contribution is 5.68. The second-order valence-corrected chi connectivity index (χ2v) is 9.91. The fourth-order valence-electron chi connectivity index (χ4n) is 3.78. The van der Waals surface area contributed by atoms with E-state index in [-0.39, 0.29) is 23.5 Å². The quantitative estimate of drug-likeness (QED) is 0.756. The fourth-order valence-corrected chi connectivity index (χ4v) is 3.78. The maximum Gasteiger partial charge on any atom is 0.329 e. The van der Waals surface area contributed by atoms with E-state index >= 15 is 0 Å². The Balaban J connectivity index is 2.27. The molecule has 2 unspecified atom stereocenters. The molecule has 0 radical (unpaired) electrons. The summed E-state index contributed by atoms with van der Waals surface area (Å²) in [5, 5.41) is 8.95. The van der Waals surface area contributed by atoms with Crippen molar-refractivity contribution in [3.8, 4) is 0 Å². The number of ether oxygens (including phenoxy) is 1. The van der Waals surface area contributed by atoms with Gasteiger partial charge in [0.1, 0.15) is 6.61 Å². The first-order valence-electron chi connectivity index (χ1n) is 9.95. The highest BCUT2D eigenvalue weighted by Gasteiger charge is 2.28. The summed E-state index contributed by atoms with van der Waals surface area (Å²) >= 11 is 0. The van der Waals surface area contributed by atoms with E-state index in [0.717, 1.165) is 25.7 Å². The molecular weight excluding hydrogens is 324 g/mol. The average molecular weight is 361 g/mol. The lowest BCUT2D eigenvalue weighted by molar-refractivity contribution is -0.146. The lowest BCUT2D eigenvalue weighted by Crippen LogP contribution is -2.31. The molecule has 1 fully saturated rings. The molecule has 1 aliphatic carbocycles. The lowest BCUT2D eigenvalue weighted by atomic mass is 9.77. The van der Waals surface area contributed by atoms with E-state index < -0.39 is 5.97 Å². The Morgan fingerprint density at radius 2 is 1.54 bits per heavy atom. The number of hydrogen-bond donors (Lipinski definition) is 1. The summed E-state index contributed by atoms with van der Waals surface area (Å²) in [6, 6.07) is 7.04. The Bertz CT molecular complexity index is 587. The van der Waals surface area contributed by atoms with Crippen molar-refractivity contribution in [3.63, 3.8) is 0 Å². The minimum Gasteiger partial charge on any atom is -0.480 e. The van der Waals surface area contributed by atoms with Crippen LogP contribution in [0, 0.1) is 5.92 Å². The average Bonchev–Trinajstić information content (AvgIpc) is 2.52. The summed E-state index contributed by atoms with van der Waals surface area (Å²) in [5.74, 6) is -0.467. The zero-order valence-corrected chi connectivity index (χ0v) is 17.4. The van der Waals surface area contributed by atoms with Gasteiger partial charge in [0.05, 0.1) is 6.10 Å². The van der Waals surface area contributed by atoms with Crippen LogP contribution in [0.3, 0.4) is 0 Å². The molecule has 1 aliphatic rings. The van der Waals surface area contributed by atoms with Crippen molar-refractivity contribution in [1.29, 1.82) is 0 Å². The van der Waals surface area contributed by atoms with Gasteiger partial charge in [-0.25, -0.2) is 4.79 Å². The van der Waals surface area contributed by atoms with Crippen LogP contribution < -0.4 is 0 Å². The molecule has 0 aromatic heterocycles. The summed E-state index contributed by atoms with van der Waals surface area (Å²) < 4.78 is 5.72. The maximum absolute atomic E-state index is 10.9. The van der Waals surface area contributed by atoms with Gasteiger partial charge in [-0.05, 0) is 52.7 Å². The Morgan fingerprint density at radius 3 is 2.04 bits per heavy atom. The molecule has 0 saturated heterocycles. The number of carboxylic acid groups (broad SMARTS) is 1. The Hall–Kier alpha value is -1.35. The molecule has 0 heterocycles. The van der Waals surface area contributed by atoms with E-state index in [1.165, 1.54) is 23.1 Å². The van der Waals surface area contributed by atoms with Crippen LogP contribution in [0.25, 0.3) is 0 Å². The second-order valence-electron chi connectivity index (χ2n) is 9.91. The molecule has 3 nitrogen and oxygen atoms in total. The second kappa shape index (κ2) is 8.12. The minimum atomic E-state index is -0.876. The van der Waals surface area contributed by atoms with E-state index in [0.29, 0.717) is 5.92 Å². The van der Waals surface area contributed by atoms with Crippen LogP contribution in [0.15, 0.2) is 18.2 Å². The van der Waals surface area contributed by atoms with Crippen LogP contribution in [-0.4, -0.2) is 23.8 Å². The zero-order valence-electron chi connectivity index (χ0n) is 17.4. The summed E-state index contributed by atoms with van der Waals surface area (Å²) in [7, 11) is 0. The Labute approximate surface area is 159 Å². The molecule has 0 aliphatic heterocycles. The van der Waals surface area contributed by atoms with Crippen LogP contribution in [-0.2, 0) is 26.8 Å². The highest BCUT2D eigenvalue weighted by atomic mass is 16.5. The number of carboxylic acids is 1. The van der Waals surface area contributed by atoms with Gasteiger partial charge in [0.2, 0.25) is 0 Å². The minimum absolute atomic E-state index is 0.0660. The lowest BCUT2D eigenvalue weighted by Gasteiger charge is -2.32. The molecule has 2 rings (SSSR count). The van der Waals surface area contributed by atoms with Crippen molar-refractivity contribution in [2.24, 2.45) is 5.92 Å². The predicted octanol–water partition coefficient (Wildman–Crippen LogP) is 5.48. The molecule has 0 bridgehead atoms. The van der Waals surface area contributed by atoms with Gasteiger partial charge >= 0.3 is 5.97 Å². The first-order valence-corrected chi connectivity index (χ1v) is 9.95. The van der Waals surface area contributed by atoms with Crippen molar-refractivity contribution in [1.82, 2.24) is 0 Å². The van der Waals surface area contributed by atoms with Crippen LogP contribution in [0.4, 0.5) is 0 Å².